The van der Waals surface area contributed by atoms with Gasteiger partial charge in [0.05, 0.1) is 0 Å². The van der Waals surface area contributed by atoms with Crippen molar-refractivity contribution in [2.24, 2.45) is 0 Å². The predicted molar refractivity (Wildman–Crippen MR) is 56.7 cm³/mol. The van der Waals surface area contributed by atoms with Gasteiger partial charge in [0.15, 0.2) is 0 Å². The molecule has 0 aromatic rings. The van der Waals surface area contributed by atoms with Crippen LogP contribution >= 0.6 is 0 Å². The van der Waals surface area contributed by atoms with E-state index in [-0.39, 0.29) is 18.0 Å². The van der Waals surface area contributed by atoms with Crippen LogP contribution in [0.25, 0.3) is 0 Å². The Kier molecular flexibility index (Phi) is 4.59. The maximum absolute atomic E-state index is 11.5. The monoisotopic (exact) mass is 213 g/mol. The third-order valence-electron chi connectivity index (χ3n) is 2.63. The van der Waals surface area contributed by atoms with Crippen molar-refractivity contribution in [2.45, 2.75) is 45.1 Å². The van der Waals surface area contributed by atoms with E-state index < -0.39 is 0 Å². The van der Waals surface area contributed by atoms with Gasteiger partial charge in [0, 0.05) is 26.4 Å². The second-order valence-corrected chi connectivity index (χ2v) is 4.04. The van der Waals surface area contributed by atoms with E-state index in [9.17, 15) is 9.59 Å². The van der Waals surface area contributed by atoms with Crippen molar-refractivity contribution in [1.82, 2.24) is 4.90 Å². The largest absolute Gasteiger partial charge is 0.446 e. The molecule has 1 fully saturated rings. The van der Waals surface area contributed by atoms with E-state index in [0.717, 1.165) is 6.42 Å². The lowest BCUT2D eigenvalue weighted by atomic mass is 9.97. The normalized spacial score (nSPS) is 17.6. The molecule has 1 aliphatic rings. The van der Waals surface area contributed by atoms with Crippen LogP contribution in [0, 0.1) is 0 Å². The molecule has 1 aliphatic carbocycles. The van der Waals surface area contributed by atoms with Crippen molar-refractivity contribution in [2.75, 3.05) is 13.6 Å². The van der Waals surface area contributed by atoms with Gasteiger partial charge in [-0.25, -0.2) is 4.79 Å². The van der Waals surface area contributed by atoms with Gasteiger partial charge in [-0.05, 0) is 19.3 Å². The minimum atomic E-state index is -0.267. The highest BCUT2D eigenvalue weighted by Gasteiger charge is 2.23. The highest BCUT2D eigenvalue weighted by Crippen LogP contribution is 2.18. The standard InChI is InChI=1S/C11H19NO3/c1-3-8-12(2)11(14)15-10-6-4-9(13)5-7-10/h10H,3-8H2,1-2H3. The second-order valence-electron chi connectivity index (χ2n) is 4.04. The molecule has 86 valence electrons. The summed E-state index contributed by atoms with van der Waals surface area (Å²) in [6.07, 6.45) is 3.07. The first-order chi connectivity index (χ1) is 7.13. The first-order valence-corrected chi connectivity index (χ1v) is 5.57. The van der Waals surface area contributed by atoms with Crippen molar-refractivity contribution in [1.29, 1.82) is 0 Å². The Labute approximate surface area is 90.6 Å². The molecule has 15 heavy (non-hydrogen) atoms. The van der Waals surface area contributed by atoms with Crippen LogP contribution in [0.1, 0.15) is 39.0 Å². The molecule has 1 rings (SSSR count). The summed E-state index contributed by atoms with van der Waals surface area (Å²) in [4.78, 5) is 24.1. The van der Waals surface area contributed by atoms with Crippen LogP contribution < -0.4 is 0 Å². The maximum Gasteiger partial charge on any atom is 0.409 e. The zero-order valence-corrected chi connectivity index (χ0v) is 9.49. The minimum absolute atomic E-state index is 0.0606. The lowest BCUT2D eigenvalue weighted by Gasteiger charge is -2.24. The quantitative estimate of drug-likeness (QED) is 0.720. The Morgan fingerprint density at radius 2 is 2.07 bits per heavy atom. The molecule has 4 heteroatoms. The molecular formula is C11H19NO3. The summed E-state index contributed by atoms with van der Waals surface area (Å²) >= 11 is 0. The van der Waals surface area contributed by atoms with Gasteiger partial charge in [-0.15, -0.1) is 0 Å². The number of ether oxygens (including phenoxy) is 1. The first kappa shape index (κ1) is 12.0. The smallest absolute Gasteiger partial charge is 0.409 e. The molecule has 0 atom stereocenters. The van der Waals surface area contributed by atoms with Gasteiger partial charge in [-0.2, -0.15) is 0 Å². The Hall–Kier alpha value is -1.06. The summed E-state index contributed by atoms with van der Waals surface area (Å²) in [5.74, 6) is 0.282. The molecule has 0 N–H and O–H groups in total. The van der Waals surface area contributed by atoms with Crippen molar-refractivity contribution in [3.63, 3.8) is 0 Å². The van der Waals surface area contributed by atoms with Crippen LogP contribution in [0.4, 0.5) is 4.79 Å². The topological polar surface area (TPSA) is 46.6 Å². The lowest BCUT2D eigenvalue weighted by Crippen LogP contribution is -2.33. The Balaban J connectivity index is 2.28. The number of carbonyl (C=O) groups excluding carboxylic acids is 2. The highest BCUT2D eigenvalue weighted by molar-refractivity contribution is 5.79. The molecule has 0 bridgehead atoms. The number of Topliss-reactive ketones (excluding diaryl/α,β-unsaturated/α-hetero) is 1. The highest BCUT2D eigenvalue weighted by atomic mass is 16.6. The van der Waals surface area contributed by atoms with Gasteiger partial charge in [-0.1, -0.05) is 6.92 Å². The molecule has 4 nitrogen and oxygen atoms in total. The fourth-order valence-electron chi connectivity index (χ4n) is 1.69. The molecule has 1 amide bonds. The number of hydrogen-bond donors (Lipinski definition) is 0. The van der Waals surface area contributed by atoms with E-state index in [1.165, 1.54) is 0 Å². The fourth-order valence-corrected chi connectivity index (χ4v) is 1.69. The van der Waals surface area contributed by atoms with Crippen LogP contribution in [0.5, 0.6) is 0 Å². The van der Waals surface area contributed by atoms with Gasteiger partial charge in [0.25, 0.3) is 0 Å². The first-order valence-electron chi connectivity index (χ1n) is 5.57. The molecule has 0 heterocycles. The number of nitrogens with zero attached hydrogens (tertiary/aromatic N) is 1. The number of amides is 1. The molecule has 1 saturated carbocycles. The van der Waals surface area contributed by atoms with Crippen LogP contribution in [0.3, 0.4) is 0 Å². The van der Waals surface area contributed by atoms with E-state index in [1.807, 2.05) is 6.92 Å². The molecule has 0 aromatic heterocycles. The van der Waals surface area contributed by atoms with Gasteiger partial charge in [0.2, 0.25) is 0 Å². The molecule has 0 unspecified atom stereocenters. The van der Waals surface area contributed by atoms with E-state index in [2.05, 4.69) is 0 Å². The predicted octanol–water partition coefficient (Wildman–Crippen LogP) is 1.98. The van der Waals surface area contributed by atoms with Crippen molar-refractivity contribution >= 4 is 11.9 Å². The lowest BCUT2D eigenvalue weighted by molar-refractivity contribution is -0.122. The number of hydrogen-bond acceptors (Lipinski definition) is 3. The molecule has 0 aliphatic heterocycles. The number of ketones is 1. The van der Waals surface area contributed by atoms with Crippen LogP contribution in [-0.2, 0) is 9.53 Å². The van der Waals surface area contributed by atoms with Crippen molar-refractivity contribution in [3.8, 4) is 0 Å². The number of carbonyl (C=O) groups is 2. The Morgan fingerprint density at radius 3 is 2.60 bits per heavy atom. The second kappa shape index (κ2) is 5.73. The van der Waals surface area contributed by atoms with Gasteiger partial charge >= 0.3 is 6.09 Å². The fraction of sp³-hybridized carbons (Fsp3) is 0.818. The summed E-state index contributed by atoms with van der Waals surface area (Å²) in [6, 6.07) is 0. The molecule has 0 aromatic carbocycles. The summed E-state index contributed by atoms with van der Waals surface area (Å²) in [7, 11) is 1.74. The molecular weight excluding hydrogens is 194 g/mol. The van der Waals surface area contributed by atoms with Crippen molar-refractivity contribution in [3.05, 3.63) is 0 Å². The van der Waals surface area contributed by atoms with Gasteiger partial charge in [-0.3, -0.25) is 4.79 Å². The van der Waals surface area contributed by atoms with Gasteiger partial charge < -0.3 is 9.64 Å². The minimum Gasteiger partial charge on any atom is -0.446 e. The SMILES string of the molecule is CCCN(C)C(=O)OC1CCC(=O)CC1. The van der Waals surface area contributed by atoms with E-state index >= 15 is 0 Å². The van der Waals surface area contributed by atoms with E-state index in [0.29, 0.717) is 32.2 Å². The molecule has 0 radical (unpaired) electrons. The third-order valence-corrected chi connectivity index (χ3v) is 2.63. The van der Waals surface area contributed by atoms with Crippen LogP contribution in [0.2, 0.25) is 0 Å². The average molecular weight is 213 g/mol. The Bertz CT molecular complexity index is 230. The summed E-state index contributed by atoms with van der Waals surface area (Å²) < 4.78 is 5.29. The third kappa shape index (κ3) is 3.90. The summed E-state index contributed by atoms with van der Waals surface area (Å²) in [5, 5.41) is 0. The zero-order chi connectivity index (χ0) is 11.3. The molecule has 0 spiro atoms. The zero-order valence-electron chi connectivity index (χ0n) is 9.49. The van der Waals surface area contributed by atoms with E-state index in [4.69, 9.17) is 4.74 Å². The molecule has 0 saturated heterocycles. The van der Waals surface area contributed by atoms with Crippen LogP contribution in [-0.4, -0.2) is 36.5 Å². The van der Waals surface area contributed by atoms with Crippen LogP contribution in [0.15, 0.2) is 0 Å². The summed E-state index contributed by atoms with van der Waals surface area (Å²) in [5.41, 5.74) is 0. The maximum atomic E-state index is 11.5. The Morgan fingerprint density at radius 1 is 1.47 bits per heavy atom. The van der Waals surface area contributed by atoms with Crippen molar-refractivity contribution < 1.29 is 14.3 Å². The van der Waals surface area contributed by atoms with E-state index in [1.54, 1.807) is 11.9 Å². The number of rotatable bonds is 3. The van der Waals surface area contributed by atoms with Gasteiger partial charge in [0.1, 0.15) is 11.9 Å². The summed E-state index contributed by atoms with van der Waals surface area (Å²) in [6.45, 7) is 2.73. The average Bonchev–Trinajstić information content (AvgIpc) is 2.22.